The van der Waals surface area contributed by atoms with E-state index in [-0.39, 0.29) is 0 Å². The van der Waals surface area contributed by atoms with Gasteiger partial charge in [-0.1, -0.05) is 31.2 Å². The second-order valence-corrected chi connectivity index (χ2v) is 3.93. The molecule has 2 unspecified atom stereocenters. The molecule has 2 nitrogen and oxygen atoms in total. The van der Waals surface area contributed by atoms with Crippen LogP contribution in [-0.4, -0.2) is 22.4 Å². The molecular weight excluding hydrogens is 188 g/mol. The highest BCUT2D eigenvalue weighted by molar-refractivity contribution is 5.23. The van der Waals surface area contributed by atoms with Crippen molar-refractivity contribution < 1.29 is 10.2 Å². The Morgan fingerprint density at radius 1 is 1.13 bits per heavy atom. The second kappa shape index (κ2) is 5.89. The van der Waals surface area contributed by atoms with Crippen molar-refractivity contribution >= 4 is 0 Å². The van der Waals surface area contributed by atoms with Gasteiger partial charge in [-0.25, -0.2) is 0 Å². The lowest BCUT2D eigenvalue weighted by atomic mass is 10.0. The minimum absolute atomic E-state index is 0.502. The molecule has 0 amide bonds. The Kier molecular flexibility index (Phi) is 4.79. The fourth-order valence-corrected chi connectivity index (χ4v) is 1.46. The third kappa shape index (κ3) is 4.02. The molecule has 2 N–H and O–H groups in total. The largest absolute Gasteiger partial charge is 0.391 e. The summed E-state index contributed by atoms with van der Waals surface area (Å²) in [7, 11) is 0. The van der Waals surface area contributed by atoms with Crippen LogP contribution in [0.3, 0.4) is 0 Å². The molecule has 0 spiro atoms. The molecule has 1 radical (unpaired) electrons. The molecule has 0 fully saturated rings. The van der Waals surface area contributed by atoms with Gasteiger partial charge in [-0.05, 0) is 30.9 Å². The third-order valence-electron chi connectivity index (χ3n) is 2.49. The van der Waals surface area contributed by atoms with Crippen LogP contribution in [0.15, 0.2) is 24.3 Å². The van der Waals surface area contributed by atoms with E-state index in [1.807, 2.05) is 12.1 Å². The van der Waals surface area contributed by atoms with E-state index < -0.39 is 12.2 Å². The first-order valence-corrected chi connectivity index (χ1v) is 5.36. The molecule has 1 rings (SSSR count). The Morgan fingerprint density at radius 3 is 2.13 bits per heavy atom. The van der Waals surface area contributed by atoms with Crippen LogP contribution in [0.25, 0.3) is 0 Å². The van der Waals surface area contributed by atoms with E-state index in [2.05, 4.69) is 19.1 Å². The van der Waals surface area contributed by atoms with E-state index in [1.165, 1.54) is 5.56 Å². The Bertz CT molecular complexity index is 277. The summed E-state index contributed by atoms with van der Waals surface area (Å²) >= 11 is 0. The van der Waals surface area contributed by atoms with Crippen molar-refractivity contribution in [1.29, 1.82) is 0 Å². The lowest BCUT2D eigenvalue weighted by molar-refractivity contribution is 0.0319. The summed E-state index contributed by atoms with van der Waals surface area (Å²) in [5.41, 5.74) is 2.32. The van der Waals surface area contributed by atoms with E-state index in [4.69, 9.17) is 5.11 Å². The van der Waals surface area contributed by atoms with Crippen LogP contribution in [0.4, 0.5) is 0 Å². The molecule has 1 aromatic rings. The van der Waals surface area contributed by atoms with Crippen molar-refractivity contribution in [3.8, 4) is 0 Å². The normalized spacial score (nSPS) is 14.9. The first-order chi connectivity index (χ1) is 7.13. The Hall–Kier alpha value is -0.860. The Labute approximate surface area is 91.6 Å². The van der Waals surface area contributed by atoms with Gasteiger partial charge in [0.05, 0.1) is 12.2 Å². The van der Waals surface area contributed by atoms with Crippen molar-refractivity contribution in [3.63, 3.8) is 0 Å². The molecule has 0 saturated heterocycles. The first-order valence-electron chi connectivity index (χ1n) is 5.36. The molecule has 0 saturated carbocycles. The molecule has 0 aliphatic carbocycles. The zero-order chi connectivity index (χ0) is 11.3. The summed E-state index contributed by atoms with van der Waals surface area (Å²) in [5, 5.41) is 18.7. The lowest BCUT2D eigenvalue weighted by Crippen LogP contribution is -2.24. The Morgan fingerprint density at radius 2 is 1.67 bits per heavy atom. The van der Waals surface area contributed by atoms with E-state index in [0.29, 0.717) is 6.42 Å². The zero-order valence-corrected chi connectivity index (χ0v) is 9.19. The fourth-order valence-electron chi connectivity index (χ4n) is 1.46. The number of aliphatic hydroxyl groups is 2. The van der Waals surface area contributed by atoms with Crippen molar-refractivity contribution in [2.45, 2.75) is 38.4 Å². The molecule has 0 aliphatic rings. The minimum atomic E-state index is -0.677. The van der Waals surface area contributed by atoms with Crippen molar-refractivity contribution in [2.24, 2.45) is 0 Å². The molecule has 1 aromatic carbocycles. The van der Waals surface area contributed by atoms with E-state index in [1.54, 1.807) is 6.92 Å². The highest BCUT2D eigenvalue weighted by atomic mass is 16.3. The van der Waals surface area contributed by atoms with Gasteiger partial charge in [-0.2, -0.15) is 0 Å². The highest BCUT2D eigenvalue weighted by Crippen LogP contribution is 2.10. The maximum absolute atomic E-state index is 9.49. The van der Waals surface area contributed by atoms with Gasteiger partial charge in [0.2, 0.25) is 0 Å². The molecule has 2 heteroatoms. The molecule has 0 bridgehead atoms. The number of hydrogen-bond acceptors (Lipinski definition) is 2. The van der Waals surface area contributed by atoms with Gasteiger partial charge in [-0.15, -0.1) is 0 Å². The SMILES string of the molecule is [CH2]CCc1ccc(CC(O)C(C)O)cc1. The van der Waals surface area contributed by atoms with Gasteiger partial charge >= 0.3 is 0 Å². The predicted molar refractivity (Wildman–Crippen MR) is 61.5 cm³/mol. The van der Waals surface area contributed by atoms with Crippen molar-refractivity contribution in [3.05, 3.63) is 42.3 Å². The molecular formula is C13H19O2. The van der Waals surface area contributed by atoms with Gasteiger partial charge in [0, 0.05) is 6.42 Å². The van der Waals surface area contributed by atoms with Crippen LogP contribution >= 0.6 is 0 Å². The van der Waals surface area contributed by atoms with E-state index in [9.17, 15) is 5.11 Å². The van der Waals surface area contributed by atoms with Gasteiger partial charge < -0.3 is 10.2 Å². The average molecular weight is 207 g/mol. The average Bonchev–Trinajstić information content (AvgIpc) is 2.21. The summed E-state index contributed by atoms with van der Waals surface area (Å²) < 4.78 is 0. The van der Waals surface area contributed by atoms with Crippen LogP contribution in [0.2, 0.25) is 0 Å². The zero-order valence-electron chi connectivity index (χ0n) is 9.19. The van der Waals surface area contributed by atoms with Crippen LogP contribution in [0, 0.1) is 6.92 Å². The standard InChI is InChI=1S/C13H19O2/c1-3-4-11-5-7-12(8-6-11)9-13(15)10(2)14/h5-8,10,13-15H,1,3-4,9H2,2H3. The van der Waals surface area contributed by atoms with Crippen LogP contribution in [0.5, 0.6) is 0 Å². The smallest absolute Gasteiger partial charge is 0.0836 e. The third-order valence-corrected chi connectivity index (χ3v) is 2.49. The molecule has 0 aromatic heterocycles. The number of aryl methyl sites for hydroxylation is 1. The van der Waals surface area contributed by atoms with Crippen LogP contribution < -0.4 is 0 Å². The van der Waals surface area contributed by atoms with Crippen LogP contribution in [-0.2, 0) is 12.8 Å². The van der Waals surface area contributed by atoms with Crippen molar-refractivity contribution in [1.82, 2.24) is 0 Å². The lowest BCUT2D eigenvalue weighted by Gasteiger charge is -2.13. The molecule has 0 aliphatic heterocycles. The molecule has 15 heavy (non-hydrogen) atoms. The Balaban J connectivity index is 2.56. The van der Waals surface area contributed by atoms with E-state index >= 15 is 0 Å². The van der Waals surface area contributed by atoms with Crippen LogP contribution in [0.1, 0.15) is 24.5 Å². The molecule has 0 heterocycles. The topological polar surface area (TPSA) is 40.5 Å². The maximum Gasteiger partial charge on any atom is 0.0836 e. The fraction of sp³-hybridized carbons (Fsp3) is 0.462. The van der Waals surface area contributed by atoms with Gasteiger partial charge in [0.1, 0.15) is 0 Å². The monoisotopic (exact) mass is 207 g/mol. The second-order valence-electron chi connectivity index (χ2n) is 3.93. The summed E-state index contributed by atoms with van der Waals surface area (Å²) in [6.07, 6.45) is 1.03. The molecule has 2 atom stereocenters. The number of hydrogen-bond donors (Lipinski definition) is 2. The summed E-state index contributed by atoms with van der Waals surface area (Å²) in [6.45, 7) is 5.40. The quantitative estimate of drug-likeness (QED) is 0.772. The summed E-state index contributed by atoms with van der Waals surface area (Å²) in [6, 6.07) is 8.09. The summed E-state index contributed by atoms with van der Waals surface area (Å²) in [5.74, 6) is 0. The first kappa shape index (κ1) is 12.2. The minimum Gasteiger partial charge on any atom is -0.391 e. The van der Waals surface area contributed by atoms with Crippen molar-refractivity contribution in [2.75, 3.05) is 0 Å². The van der Waals surface area contributed by atoms with Gasteiger partial charge in [-0.3, -0.25) is 0 Å². The molecule has 83 valence electrons. The number of aliphatic hydroxyl groups excluding tert-OH is 2. The number of rotatable bonds is 5. The summed E-state index contributed by atoms with van der Waals surface area (Å²) in [4.78, 5) is 0. The maximum atomic E-state index is 9.49. The highest BCUT2D eigenvalue weighted by Gasteiger charge is 2.11. The predicted octanol–water partition coefficient (Wildman–Crippen LogP) is 1.74. The van der Waals surface area contributed by atoms with E-state index in [0.717, 1.165) is 18.4 Å². The number of benzene rings is 1. The van der Waals surface area contributed by atoms with Gasteiger partial charge in [0.25, 0.3) is 0 Å². The van der Waals surface area contributed by atoms with Gasteiger partial charge in [0.15, 0.2) is 0 Å².